The number of rotatable bonds is 9. The number of aryl methyl sites for hydroxylation is 8. The third kappa shape index (κ3) is 6.92. The lowest BCUT2D eigenvalue weighted by Crippen LogP contribution is -2.40. The second-order valence-electron chi connectivity index (χ2n) is 17.8. The molecule has 54 heavy (non-hydrogen) atoms. The fraction of sp³-hybridized carbons (Fsp3) is 0.520. The van der Waals surface area contributed by atoms with E-state index >= 15 is 0 Å². The van der Waals surface area contributed by atoms with Crippen molar-refractivity contribution in [2.45, 2.75) is 144 Å². The molecular formula is C50H66O4. The van der Waals surface area contributed by atoms with E-state index < -0.39 is 0 Å². The van der Waals surface area contributed by atoms with Gasteiger partial charge >= 0.3 is 0 Å². The van der Waals surface area contributed by atoms with Gasteiger partial charge in [-0.1, -0.05) is 75.2 Å². The minimum atomic E-state index is -0.159. The summed E-state index contributed by atoms with van der Waals surface area (Å²) in [5.41, 5.74) is 12.3. The molecule has 290 valence electrons. The maximum Gasteiger partial charge on any atom is 0.121 e. The maximum absolute atomic E-state index is 10.7. The van der Waals surface area contributed by atoms with Gasteiger partial charge in [0.25, 0.3) is 0 Å². The Kier molecular flexibility index (Phi) is 11.3. The molecule has 2 unspecified atom stereocenters. The SMILES string of the molecule is CCC(C1CCC(c2cc(C)c(O)c(C)c2)(c2cc(C)c(O)c(C)c2)CC1)C(CC)C1CCC(c2cc(C)c(O)c(C)c2)(c2cc(C)c(O)c(C)c2)CC1. The van der Waals surface area contributed by atoms with Crippen LogP contribution >= 0.6 is 0 Å². The van der Waals surface area contributed by atoms with Crippen molar-refractivity contribution in [1.82, 2.24) is 0 Å². The normalized spacial score (nSPS) is 18.8. The molecule has 2 atom stereocenters. The highest BCUT2D eigenvalue weighted by molar-refractivity contribution is 5.54. The van der Waals surface area contributed by atoms with Gasteiger partial charge in [-0.2, -0.15) is 0 Å². The average Bonchev–Trinajstić information content (AvgIpc) is 3.15. The number of aromatic hydroxyl groups is 4. The lowest BCUT2D eigenvalue weighted by atomic mass is 9.56. The fourth-order valence-electron chi connectivity index (χ4n) is 11.5. The van der Waals surface area contributed by atoms with Crippen molar-refractivity contribution in [2.24, 2.45) is 23.7 Å². The Hall–Kier alpha value is -3.92. The second-order valence-corrected chi connectivity index (χ2v) is 17.8. The maximum atomic E-state index is 10.7. The zero-order valence-corrected chi connectivity index (χ0v) is 34.8. The molecule has 4 heteroatoms. The molecule has 0 aliphatic heterocycles. The smallest absolute Gasteiger partial charge is 0.121 e. The van der Waals surface area contributed by atoms with Crippen LogP contribution in [0.25, 0.3) is 0 Å². The minimum Gasteiger partial charge on any atom is -0.507 e. The Morgan fingerprint density at radius 2 is 0.593 bits per heavy atom. The van der Waals surface area contributed by atoms with Crippen LogP contribution in [-0.2, 0) is 10.8 Å². The first-order valence-electron chi connectivity index (χ1n) is 20.8. The van der Waals surface area contributed by atoms with Gasteiger partial charge in [0.05, 0.1) is 0 Å². The first-order chi connectivity index (χ1) is 25.6. The standard InChI is InChI=1S/C50H66O4/c1-11-43(37-13-17-49(18-14-37,39-21-29(3)45(51)30(4)22-39)40-23-31(5)46(52)32(6)24-40)44(12-2)38-15-19-50(20-16-38,41-25-33(7)47(53)34(8)26-41)42-27-35(9)48(54)36(10)28-42/h21-28,37-38,43-44,51-54H,11-20H2,1-10H3. The summed E-state index contributed by atoms with van der Waals surface area (Å²) in [6.45, 7) is 21.0. The van der Waals surface area contributed by atoms with Crippen LogP contribution in [0.3, 0.4) is 0 Å². The molecule has 2 aliphatic rings. The van der Waals surface area contributed by atoms with E-state index in [1.807, 2.05) is 55.4 Å². The monoisotopic (exact) mass is 730 g/mol. The van der Waals surface area contributed by atoms with Crippen LogP contribution in [0, 0.1) is 79.1 Å². The molecule has 4 aromatic rings. The molecule has 6 rings (SSSR count). The molecule has 2 fully saturated rings. The Morgan fingerprint density at radius 1 is 0.407 bits per heavy atom. The predicted octanol–water partition coefficient (Wildman–Crippen LogP) is 12.7. The number of benzene rings is 4. The van der Waals surface area contributed by atoms with E-state index in [4.69, 9.17) is 0 Å². The summed E-state index contributed by atoms with van der Waals surface area (Å²) in [6.07, 6.45) is 11.3. The van der Waals surface area contributed by atoms with Crippen molar-refractivity contribution in [2.75, 3.05) is 0 Å². The number of phenolic OH excluding ortho intramolecular Hbond substituents is 4. The van der Waals surface area contributed by atoms with E-state index in [0.29, 0.717) is 46.7 Å². The molecule has 0 aromatic heterocycles. The fourth-order valence-corrected chi connectivity index (χ4v) is 11.5. The van der Waals surface area contributed by atoms with Gasteiger partial charge in [0.1, 0.15) is 23.0 Å². The van der Waals surface area contributed by atoms with Crippen molar-refractivity contribution >= 4 is 0 Å². The summed E-state index contributed by atoms with van der Waals surface area (Å²) in [7, 11) is 0. The quantitative estimate of drug-likeness (QED) is 0.138. The van der Waals surface area contributed by atoms with Crippen LogP contribution in [0.4, 0.5) is 0 Å². The van der Waals surface area contributed by atoms with E-state index in [0.717, 1.165) is 70.2 Å². The van der Waals surface area contributed by atoms with E-state index in [2.05, 4.69) is 62.4 Å². The summed E-state index contributed by atoms with van der Waals surface area (Å²) in [5.74, 6) is 4.19. The zero-order chi connectivity index (χ0) is 39.3. The highest BCUT2D eigenvalue weighted by Crippen LogP contribution is 2.55. The van der Waals surface area contributed by atoms with Crippen LogP contribution in [0.5, 0.6) is 23.0 Å². The van der Waals surface area contributed by atoms with Gasteiger partial charge in [-0.25, -0.2) is 0 Å². The molecule has 0 saturated heterocycles. The van der Waals surface area contributed by atoms with Gasteiger partial charge < -0.3 is 20.4 Å². The first-order valence-corrected chi connectivity index (χ1v) is 20.8. The van der Waals surface area contributed by atoms with Crippen molar-refractivity contribution in [3.05, 3.63) is 115 Å². The number of hydrogen-bond acceptors (Lipinski definition) is 4. The van der Waals surface area contributed by atoms with Crippen molar-refractivity contribution in [1.29, 1.82) is 0 Å². The van der Waals surface area contributed by atoms with Gasteiger partial charge in [-0.3, -0.25) is 0 Å². The second kappa shape index (κ2) is 15.3. The predicted molar refractivity (Wildman–Crippen MR) is 223 cm³/mol. The molecule has 4 N–H and O–H groups in total. The van der Waals surface area contributed by atoms with Gasteiger partial charge in [0.15, 0.2) is 0 Å². The molecule has 0 spiro atoms. The third-order valence-electron chi connectivity index (χ3n) is 14.6. The van der Waals surface area contributed by atoms with E-state index in [1.165, 1.54) is 60.8 Å². The van der Waals surface area contributed by atoms with E-state index in [1.54, 1.807) is 0 Å². The molecule has 0 heterocycles. The summed E-state index contributed by atoms with van der Waals surface area (Å²) >= 11 is 0. The summed E-state index contributed by atoms with van der Waals surface area (Å²) < 4.78 is 0. The van der Waals surface area contributed by atoms with Gasteiger partial charge in [0.2, 0.25) is 0 Å². The van der Waals surface area contributed by atoms with Crippen LogP contribution in [0.15, 0.2) is 48.5 Å². The number of hydrogen-bond donors (Lipinski definition) is 4. The van der Waals surface area contributed by atoms with Crippen LogP contribution in [-0.4, -0.2) is 20.4 Å². The number of phenols is 4. The lowest BCUT2D eigenvalue weighted by molar-refractivity contribution is 0.0782. The van der Waals surface area contributed by atoms with Gasteiger partial charge in [-0.15, -0.1) is 0 Å². The Labute approximate surface area is 325 Å². The molecule has 0 amide bonds. The summed E-state index contributed by atoms with van der Waals surface area (Å²) in [5, 5.41) is 43.0. The van der Waals surface area contributed by atoms with E-state index in [9.17, 15) is 20.4 Å². The highest BCUT2D eigenvalue weighted by atomic mass is 16.3. The Bertz CT molecular complexity index is 1650. The topological polar surface area (TPSA) is 80.9 Å². The van der Waals surface area contributed by atoms with Gasteiger partial charge in [0, 0.05) is 10.8 Å². The molecule has 4 aromatic carbocycles. The highest BCUT2D eigenvalue weighted by Gasteiger charge is 2.46. The average molecular weight is 731 g/mol. The van der Waals surface area contributed by atoms with Crippen LogP contribution in [0.2, 0.25) is 0 Å². The molecule has 2 saturated carbocycles. The molecule has 0 radical (unpaired) electrons. The van der Waals surface area contributed by atoms with Crippen LogP contribution in [0.1, 0.15) is 145 Å². The van der Waals surface area contributed by atoms with Gasteiger partial charge in [-0.05, 0) is 197 Å². The van der Waals surface area contributed by atoms with Crippen LogP contribution < -0.4 is 0 Å². The largest absolute Gasteiger partial charge is 0.507 e. The summed E-state index contributed by atoms with van der Waals surface area (Å²) in [4.78, 5) is 0. The third-order valence-corrected chi connectivity index (χ3v) is 14.6. The Balaban J connectivity index is 1.29. The summed E-state index contributed by atoms with van der Waals surface area (Å²) in [6, 6.07) is 17.7. The van der Waals surface area contributed by atoms with E-state index in [-0.39, 0.29) is 10.8 Å². The molecule has 4 nitrogen and oxygen atoms in total. The van der Waals surface area contributed by atoms with Crippen molar-refractivity contribution in [3.63, 3.8) is 0 Å². The molecule has 0 bridgehead atoms. The first kappa shape index (κ1) is 39.8. The minimum absolute atomic E-state index is 0.159. The van der Waals surface area contributed by atoms with Crippen molar-refractivity contribution in [3.8, 4) is 23.0 Å². The molecular weight excluding hydrogens is 665 g/mol. The molecule has 2 aliphatic carbocycles. The van der Waals surface area contributed by atoms with Crippen molar-refractivity contribution < 1.29 is 20.4 Å². The lowest BCUT2D eigenvalue weighted by Gasteiger charge is -2.48. The Morgan fingerprint density at radius 3 is 0.759 bits per heavy atom. The zero-order valence-electron chi connectivity index (χ0n) is 34.8.